The van der Waals surface area contributed by atoms with Crippen molar-refractivity contribution in [3.8, 4) is 0 Å². The van der Waals surface area contributed by atoms with E-state index in [2.05, 4.69) is 0 Å². The van der Waals surface area contributed by atoms with E-state index < -0.39 is 36.5 Å². The zero-order valence-electron chi connectivity index (χ0n) is 15.3. The molecule has 0 aromatic heterocycles. The molecule has 5 nitrogen and oxygen atoms in total. The molecule has 1 aromatic rings. The van der Waals surface area contributed by atoms with Crippen molar-refractivity contribution < 1.29 is 19.8 Å². The lowest BCUT2D eigenvalue weighted by Gasteiger charge is -2.58. The molecule has 136 valence electrons. The summed E-state index contributed by atoms with van der Waals surface area (Å²) in [6.45, 7) is 5.90. The first kappa shape index (κ1) is 18.3. The van der Waals surface area contributed by atoms with E-state index in [9.17, 15) is 19.8 Å². The van der Waals surface area contributed by atoms with E-state index in [1.165, 1.54) is 0 Å². The van der Waals surface area contributed by atoms with E-state index in [4.69, 9.17) is 0 Å². The maximum Gasteiger partial charge on any atom is 0.321 e. The Bertz CT molecular complexity index is 701. The Balaban J connectivity index is 2.29. The Hall–Kier alpha value is -1.50. The van der Waals surface area contributed by atoms with Crippen LogP contribution < -0.4 is 0 Å². The Labute approximate surface area is 149 Å². The summed E-state index contributed by atoms with van der Waals surface area (Å²) < 4.78 is 0. The van der Waals surface area contributed by atoms with Gasteiger partial charge >= 0.3 is 5.97 Å². The Morgan fingerprint density at radius 1 is 1.16 bits per heavy atom. The number of hydrogen-bond acceptors (Lipinski definition) is 4. The molecule has 2 bridgehead atoms. The van der Waals surface area contributed by atoms with Crippen LogP contribution in [0.4, 0.5) is 0 Å². The van der Waals surface area contributed by atoms with Crippen LogP contribution >= 0.6 is 0 Å². The van der Waals surface area contributed by atoms with Gasteiger partial charge in [0.2, 0.25) is 0 Å². The summed E-state index contributed by atoms with van der Waals surface area (Å²) >= 11 is 0. The molecule has 0 amide bonds. The number of rotatable bonds is 4. The van der Waals surface area contributed by atoms with Crippen LogP contribution in [0.25, 0.3) is 0 Å². The summed E-state index contributed by atoms with van der Waals surface area (Å²) in [4.78, 5) is 28.3. The van der Waals surface area contributed by atoms with Gasteiger partial charge in [-0.25, -0.2) is 0 Å². The zero-order chi connectivity index (χ0) is 18.6. The number of piperidine rings is 1. The molecule has 0 spiro atoms. The van der Waals surface area contributed by atoms with Crippen LogP contribution in [0.5, 0.6) is 0 Å². The van der Waals surface area contributed by atoms with Gasteiger partial charge in [-0.2, -0.15) is 0 Å². The highest BCUT2D eigenvalue weighted by Gasteiger charge is 2.74. The number of fused-ring (bicyclic) bond motifs is 2. The molecule has 1 aromatic carbocycles. The molecule has 2 aliphatic heterocycles. The predicted octanol–water partition coefficient (Wildman–Crippen LogP) is 2.42. The summed E-state index contributed by atoms with van der Waals surface area (Å²) in [6, 6.07) is 8.23. The van der Waals surface area contributed by atoms with Gasteiger partial charge in [0.1, 0.15) is 0 Å². The lowest BCUT2D eigenvalue weighted by Crippen LogP contribution is -2.77. The minimum atomic E-state index is -2.42. The molecule has 6 heteroatoms. The average Bonchev–Trinajstić information content (AvgIpc) is 2.80. The van der Waals surface area contributed by atoms with Crippen molar-refractivity contribution in [1.82, 2.24) is 4.90 Å². The second-order valence-corrected chi connectivity index (χ2v) is 13.9. The molecule has 2 aliphatic rings. The quantitative estimate of drug-likeness (QED) is 0.489. The summed E-state index contributed by atoms with van der Waals surface area (Å²) in [6.07, 6.45) is 1.80. The molecule has 2 N–H and O–H groups in total. The Morgan fingerprint density at radius 2 is 1.76 bits per heavy atom. The number of carboxylic acid groups (broad SMARTS) is 1. The van der Waals surface area contributed by atoms with Crippen LogP contribution in [0.3, 0.4) is 0 Å². The SMILES string of the molecule is CN1[C@H]2CC[C@@H]1[C@](C(=O)O)(C(=O)c1ccccc1)[C@@](O)([Si](C)(C)C)C2. The van der Waals surface area contributed by atoms with E-state index in [0.717, 1.165) is 6.42 Å². The van der Waals surface area contributed by atoms with Crippen LogP contribution in [0.2, 0.25) is 19.6 Å². The number of ketones is 1. The van der Waals surface area contributed by atoms with Crippen LogP contribution in [-0.2, 0) is 4.79 Å². The van der Waals surface area contributed by atoms with Crippen molar-refractivity contribution in [1.29, 1.82) is 0 Å². The number of hydrogen-bond donors (Lipinski definition) is 2. The van der Waals surface area contributed by atoms with E-state index >= 15 is 0 Å². The standard InChI is InChI=1S/C19H27NO4Si/c1-20-14-10-11-15(20)19(17(22)23,18(24,12-14)25(2,3)4)16(21)13-8-6-5-7-9-13/h5-9,14-15,24H,10-12H2,1-4H3,(H,22,23)/t14-,15+,18-,19+/m0/s1. The van der Waals surface area contributed by atoms with Crippen molar-refractivity contribution in [3.05, 3.63) is 35.9 Å². The molecule has 2 saturated heterocycles. The summed E-state index contributed by atoms with van der Waals surface area (Å²) in [5.41, 5.74) is -1.46. The highest BCUT2D eigenvalue weighted by Crippen LogP contribution is 2.56. The van der Waals surface area contributed by atoms with Gasteiger partial charge in [0.25, 0.3) is 0 Å². The first-order valence-electron chi connectivity index (χ1n) is 8.85. The number of carbonyl (C=O) groups is 2. The second-order valence-electron chi connectivity index (χ2n) is 8.54. The Kier molecular flexibility index (Phi) is 4.21. The second kappa shape index (κ2) is 5.76. The molecule has 2 heterocycles. The van der Waals surface area contributed by atoms with Crippen molar-refractivity contribution in [2.45, 2.75) is 56.2 Å². The van der Waals surface area contributed by atoms with Crippen molar-refractivity contribution in [3.63, 3.8) is 0 Å². The molecule has 0 radical (unpaired) electrons. The summed E-state index contributed by atoms with van der Waals surface area (Å²) in [7, 11) is -0.529. The maximum atomic E-state index is 13.6. The molecule has 4 atom stereocenters. The van der Waals surface area contributed by atoms with E-state index in [1.54, 1.807) is 30.3 Å². The lowest BCUT2D eigenvalue weighted by molar-refractivity contribution is -0.168. The predicted molar refractivity (Wildman–Crippen MR) is 98.3 cm³/mol. The third kappa shape index (κ3) is 2.27. The molecule has 3 rings (SSSR count). The minimum Gasteiger partial charge on any atom is -0.480 e. The number of aliphatic carboxylic acids is 1. The fourth-order valence-electron chi connectivity index (χ4n) is 5.03. The van der Waals surface area contributed by atoms with Crippen LogP contribution in [0, 0.1) is 5.41 Å². The fraction of sp³-hybridized carbons (Fsp3) is 0.579. The number of carboxylic acids is 1. The zero-order valence-corrected chi connectivity index (χ0v) is 16.3. The first-order valence-corrected chi connectivity index (χ1v) is 12.3. The average molecular weight is 362 g/mol. The molecule has 25 heavy (non-hydrogen) atoms. The monoisotopic (exact) mass is 361 g/mol. The number of nitrogens with zero attached hydrogens (tertiary/aromatic N) is 1. The van der Waals surface area contributed by atoms with Gasteiger partial charge in [0.15, 0.2) is 11.2 Å². The summed E-state index contributed by atoms with van der Waals surface area (Å²) in [5, 5.41) is 20.7. The van der Waals surface area contributed by atoms with Gasteiger partial charge in [-0.15, -0.1) is 0 Å². The van der Waals surface area contributed by atoms with Crippen LogP contribution in [0.15, 0.2) is 30.3 Å². The van der Waals surface area contributed by atoms with Crippen molar-refractivity contribution >= 4 is 19.8 Å². The van der Waals surface area contributed by atoms with E-state index in [-0.39, 0.29) is 6.04 Å². The van der Waals surface area contributed by atoms with E-state index in [0.29, 0.717) is 18.4 Å². The third-order valence-corrected chi connectivity index (χ3v) is 9.58. The number of carbonyl (C=O) groups excluding carboxylic acids is 1. The van der Waals surface area contributed by atoms with E-state index in [1.807, 2.05) is 31.6 Å². The number of aliphatic hydroxyl groups is 1. The smallest absolute Gasteiger partial charge is 0.321 e. The molecule has 2 fully saturated rings. The number of Topliss-reactive ketones (excluding diaryl/α,β-unsaturated/α-hetero) is 1. The summed E-state index contributed by atoms with van der Waals surface area (Å²) in [5.74, 6) is -1.65. The molecular weight excluding hydrogens is 334 g/mol. The van der Waals surface area contributed by atoms with Crippen molar-refractivity contribution in [2.24, 2.45) is 5.41 Å². The lowest BCUT2D eigenvalue weighted by atomic mass is 9.66. The van der Waals surface area contributed by atoms with Gasteiger partial charge in [-0.3, -0.25) is 14.5 Å². The van der Waals surface area contributed by atoms with Crippen molar-refractivity contribution in [2.75, 3.05) is 7.05 Å². The Morgan fingerprint density at radius 3 is 2.28 bits per heavy atom. The topological polar surface area (TPSA) is 77.8 Å². The molecule has 0 saturated carbocycles. The van der Waals surface area contributed by atoms with Gasteiger partial charge in [0.05, 0.1) is 13.3 Å². The number of benzene rings is 1. The molecular formula is C19H27NO4Si. The van der Waals surface area contributed by atoms with Gasteiger partial charge in [-0.05, 0) is 26.3 Å². The highest BCUT2D eigenvalue weighted by molar-refractivity contribution is 6.79. The largest absolute Gasteiger partial charge is 0.480 e. The highest BCUT2D eigenvalue weighted by atomic mass is 28.3. The van der Waals surface area contributed by atoms with Gasteiger partial charge in [-0.1, -0.05) is 50.0 Å². The minimum absolute atomic E-state index is 0.137. The first-order chi connectivity index (χ1) is 11.6. The molecule has 0 aliphatic carbocycles. The molecule has 0 unspecified atom stereocenters. The van der Waals surface area contributed by atoms with Gasteiger partial charge in [0, 0.05) is 17.6 Å². The normalized spacial score (nSPS) is 35.6. The maximum absolute atomic E-state index is 13.6. The van der Waals surface area contributed by atoms with Gasteiger partial charge < -0.3 is 10.2 Å². The van der Waals surface area contributed by atoms with Crippen LogP contribution in [0.1, 0.15) is 29.6 Å². The fourth-order valence-corrected chi connectivity index (χ4v) is 7.45. The third-order valence-electron chi connectivity index (χ3n) is 6.50. The van der Waals surface area contributed by atoms with Crippen LogP contribution in [-0.4, -0.2) is 59.3 Å².